The lowest BCUT2D eigenvalue weighted by Gasteiger charge is -2.11. The van der Waals surface area contributed by atoms with Crippen LogP contribution in [0.5, 0.6) is 0 Å². The number of aliphatic hydroxyl groups excluding tert-OH is 1. The fourth-order valence-electron chi connectivity index (χ4n) is 1.33. The molecule has 1 aromatic rings. The van der Waals surface area contributed by atoms with E-state index in [9.17, 15) is 0 Å². The Bertz CT molecular complexity index is 295. The summed E-state index contributed by atoms with van der Waals surface area (Å²) in [6, 6.07) is 0. The van der Waals surface area contributed by atoms with Crippen molar-refractivity contribution in [1.29, 1.82) is 0 Å². The summed E-state index contributed by atoms with van der Waals surface area (Å²) in [7, 11) is 0. The van der Waals surface area contributed by atoms with Crippen LogP contribution in [-0.4, -0.2) is 11.7 Å². The average molecular weight is 249 g/mol. The summed E-state index contributed by atoms with van der Waals surface area (Å²) in [5.41, 5.74) is 1.23. The quantitative estimate of drug-likeness (QED) is 0.825. The highest BCUT2D eigenvalue weighted by Gasteiger charge is 2.18. The van der Waals surface area contributed by atoms with Crippen molar-refractivity contribution in [2.24, 2.45) is 0 Å². The first-order valence-electron chi connectivity index (χ1n) is 3.80. The molecule has 0 amide bonds. The summed E-state index contributed by atoms with van der Waals surface area (Å²) in [6.45, 7) is 1.62. The fourth-order valence-corrected chi connectivity index (χ4v) is 3.23. The Labute approximate surface area is 83.3 Å². The molecule has 0 saturated heterocycles. The highest BCUT2D eigenvalue weighted by atomic mass is 79.9. The van der Waals surface area contributed by atoms with Crippen LogP contribution in [0.2, 0.25) is 0 Å². The van der Waals surface area contributed by atoms with Gasteiger partial charge in [-0.1, -0.05) is 0 Å². The molecule has 66 valence electrons. The van der Waals surface area contributed by atoms with Gasteiger partial charge in [0.1, 0.15) is 0 Å². The molecular weight excluding hydrogens is 240 g/mol. The molecule has 2 nitrogen and oxygen atoms in total. The third kappa shape index (κ3) is 1.33. The van der Waals surface area contributed by atoms with Gasteiger partial charge in [0, 0.05) is 26.2 Å². The molecule has 0 atom stereocenters. The Kier molecular flexibility index (Phi) is 2.50. The zero-order chi connectivity index (χ0) is 8.55. The van der Waals surface area contributed by atoms with Crippen molar-refractivity contribution in [3.05, 3.63) is 19.8 Å². The predicted octanol–water partition coefficient (Wildman–Crippen LogP) is 2.08. The van der Waals surface area contributed by atoms with Crippen molar-refractivity contribution in [2.45, 2.75) is 19.6 Å². The van der Waals surface area contributed by atoms with Crippen LogP contribution in [0.3, 0.4) is 0 Å². The lowest BCUT2D eigenvalue weighted by atomic mass is 10.2. The Morgan fingerprint density at radius 3 is 3.08 bits per heavy atom. The molecule has 2 heterocycles. The Morgan fingerprint density at radius 2 is 2.42 bits per heavy atom. The minimum absolute atomic E-state index is 0.123. The van der Waals surface area contributed by atoms with Crippen molar-refractivity contribution in [2.75, 3.05) is 6.61 Å². The largest absolute Gasteiger partial charge is 0.391 e. The molecule has 0 spiro atoms. The van der Waals surface area contributed by atoms with Crippen LogP contribution in [0.1, 0.15) is 15.3 Å². The minimum atomic E-state index is 0.123. The topological polar surface area (TPSA) is 29.5 Å². The summed E-state index contributed by atoms with van der Waals surface area (Å²) in [4.78, 5) is 2.38. The second-order valence-corrected chi connectivity index (χ2v) is 4.68. The molecule has 12 heavy (non-hydrogen) atoms. The normalized spacial score (nSPS) is 16.2. The van der Waals surface area contributed by atoms with Gasteiger partial charge >= 0.3 is 0 Å². The summed E-state index contributed by atoms with van der Waals surface area (Å²) in [5, 5.41) is 9.01. The van der Waals surface area contributed by atoms with Crippen LogP contribution in [0.4, 0.5) is 0 Å². The molecule has 0 radical (unpaired) electrons. The van der Waals surface area contributed by atoms with Gasteiger partial charge in [-0.3, -0.25) is 0 Å². The lowest BCUT2D eigenvalue weighted by molar-refractivity contribution is 0.111. The molecule has 2 rings (SSSR count). The van der Waals surface area contributed by atoms with E-state index in [1.54, 1.807) is 11.3 Å². The summed E-state index contributed by atoms with van der Waals surface area (Å²) in [6.07, 6.45) is 0.985. The van der Waals surface area contributed by atoms with Crippen molar-refractivity contribution in [3.63, 3.8) is 0 Å². The van der Waals surface area contributed by atoms with Gasteiger partial charge in [-0.2, -0.15) is 0 Å². The molecule has 0 aliphatic carbocycles. The molecule has 0 bridgehead atoms. The Balaban J connectivity index is 2.44. The predicted molar refractivity (Wildman–Crippen MR) is 51.3 cm³/mol. The van der Waals surface area contributed by atoms with Gasteiger partial charge in [0.15, 0.2) is 0 Å². The van der Waals surface area contributed by atoms with Crippen molar-refractivity contribution < 1.29 is 9.84 Å². The molecule has 1 N–H and O–H groups in total. The number of hydrogen-bond acceptors (Lipinski definition) is 3. The van der Waals surface area contributed by atoms with Gasteiger partial charge in [0.2, 0.25) is 0 Å². The molecule has 1 aliphatic rings. The van der Waals surface area contributed by atoms with E-state index >= 15 is 0 Å². The van der Waals surface area contributed by atoms with E-state index in [1.165, 1.54) is 10.4 Å². The Hall–Kier alpha value is 0.1000. The average Bonchev–Trinajstić information content (AvgIpc) is 2.44. The van der Waals surface area contributed by atoms with Gasteiger partial charge in [0.05, 0.1) is 19.8 Å². The summed E-state index contributed by atoms with van der Waals surface area (Å²) >= 11 is 5.15. The van der Waals surface area contributed by atoms with Crippen LogP contribution in [0.15, 0.2) is 4.47 Å². The van der Waals surface area contributed by atoms with Crippen LogP contribution in [-0.2, 0) is 24.4 Å². The number of fused-ring (bicyclic) bond motifs is 1. The van der Waals surface area contributed by atoms with Crippen molar-refractivity contribution in [1.82, 2.24) is 0 Å². The first-order chi connectivity index (χ1) is 5.83. The van der Waals surface area contributed by atoms with Gasteiger partial charge in [-0.05, 0) is 15.9 Å². The Morgan fingerprint density at radius 1 is 1.58 bits per heavy atom. The smallest absolute Gasteiger partial charge is 0.0786 e. The van der Waals surface area contributed by atoms with Crippen molar-refractivity contribution in [3.8, 4) is 0 Å². The first kappa shape index (κ1) is 8.69. The SMILES string of the molecule is OCc1sc2c(c1Br)COCC2. The zero-order valence-corrected chi connectivity index (χ0v) is 8.87. The molecule has 4 heteroatoms. The van der Waals surface area contributed by atoms with Crippen LogP contribution in [0, 0.1) is 0 Å². The standard InChI is InChI=1S/C8H9BrO2S/c9-8-5-4-11-2-1-6(5)12-7(8)3-10/h10H,1-4H2. The van der Waals surface area contributed by atoms with Crippen molar-refractivity contribution >= 4 is 27.3 Å². The molecule has 0 aromatic carbocycles. The van der Waals surface area contributed by atoms with E-state index in [2.05, 4.69) is 15.9 Å². The van der Waals surface area contributed by atoms with Gasteiger partial charge in [-0.25, -0.2) is 0 Å². The zero-order valence-electron chi connectivity index (χ0n) is 6.47. The summed E-state index contributed by atoms with van der Waals surface area (Å²) < 4.78 is 6.38. The summed E-state index contributed by atoms with van der Waals surface area (Å²) in [5.74, 6) is 0. The second-order valence-electron chi connectivity index (χ2n) is 2.70. The van der Waals surface area contributed by atoms with E-state index in [0.717, 1.165) is 22.4 Å². The van der Waals surface area contributed by atoms with E-state index in [0.29, 0.717) is 6.61 Å². The number of rotatable bonds is 1. The first-order valence-corrected chi connectivity index (χ1v) is 5.41. The molecule has 0 unspecified atom stereocenters. The molecule has 0 saturated carbocycles. The maximum absolute atomic E-state index is 9.01. The van der Waals surface area contributed by atoms with Crippen LogP contribution >= 0.6 is 27.3 Å². The van der Waals surface area contributed by atoms with Crippen LogP contribution < -0.4 is 0 Å². The van der Waals surface area contributed by atoms with Gasteiger partial charge in [-0.15, -0.1) is 11.3 Å². The van der Waals surface area contributed by atoms with Gasteiger partial charge in [0.25, 0.3) is 0 Å². The van der Waals surface area contributed by atoms with E-state index in [4.69, 9.17) is 9.84 Å². The number of hydrogen-bond donors (Lipinski definition) is 1. The maximum Gasteiger partial charge on any atom is 0.0786 e. The minimum Gasteiger partial charge on any atom is -0.391 e. The number of thiophene rings is 1. The number of halogens is 1. The maximum atomic E-state index is 9.01. The van der Waals surface area contributed by atoms with E-state index in [1.807, 2.05) is 0 Å². The third-order valence-corrected chi connectivity index (χ3v) is 4.45. The third-order valence-electron chi connectivity index (χ3n) is 1.96. The molecule has 1 aliphatic heterocycles. The number of ether oxygens (including phenoxy) is 1. The van der Waals surface area contributed by atoms with E-state index < -0.39 is 0 Å². The highest BCUT2D eigenvalue weighted by Crippen LogP contribution is 2.35. The molecule has 1 aromatic heterocycles. The fraction of sp³-hybridized carbons (Fsp3) is 0.500. The molecule has 0 fully saturated rings. The van der Waals surface area contributed by atoms with Gasteiger partial charge < -0.3 is 9.84 Å². The lowest BCUT2D eigenvalue weighted by Crippen LogP contribution is -2.06. The molecular formula is C8H9BrO2S. The monoisotopic (exact) mass is 248 g/mol. The second kappa shape index (κ2) is 3.46. The van der Waals surface area contributed by atoms with Crippen LogP contribution in [0.25, 0.3) is 0 Å². The van der Waals surface area contributed by atoms with E-state index in [-0.39, 0.29) is 6.61 Å². The number of aliphatic hydroxyl groups is 1. The highest BCUT2D eigenvalue weighted by molar-refractivity contribution is 9.10.